The summed E-state index contributed by atoms with van der Waals surface area (Å²) in [5, 5.41) is 12.7. The number of aliphatic hydroxyl groups is 1. The number of ether oxygens (including phenoxy) is 1. The average Bonchev–Trinajstić information content (AvgIpc) is 2.91. The molecule has 0 spiro atoms. The third-order valence-electron chi connectivity index (χ3n) is 4.08. The number of aliphatic hydroxyl groups excluding tert-OH is 1. The van der Waals surface area contributed by atoms with Crippen molar-refractivity contribution in [3.63, 3.8) is 0 Å². The molecule has 1 aliphatic rings. The smallest absolute Gasteiger partial charge is 0.351 e. The summed E-state index contributed by atoms with van der Waals surface area (Å²) < 4.78 is 6.74. The summed E-state index contributed by atoms with van der Waals surface area (Å²) in [6, 6.07) is 8.68. The van der Waals surface area contributed by atoms with Gasteiger partial charge >= 0.3 is 5.69 Å². The van der Waals surface area contributed by atoms with Crippen LogP contribution in [0.5, 0.6) is 0 Å². The van der Waals surface area contributed by atoms with Gasteiger partial charge in [0.25, 0.3) is 5.91 Å². The van der Waals surface area contributed by atoms with Gasteiger partial charge in [0.15, 0.2) is 6.23 Å². The van der Waals surface area contributed by atoms with Gasteiger partial charge in [-0.3, -0.25) is 9.36 Å². The number of nitrogens with zero attached hydrogens (tertiary/aromatic N) is 2. The van der Waals surface area contributed by atoms with Crippen molar-refractivity contribution in [1.29, 1.82) is 0 Å². The molecule has 1 unspecified atom stereocenters. The average molecular weight is 329 g/mol. The maximum atomic E-state index is 12.3. The van der Waals surface area contributed by atoms with E-state index in [1.165, 1.54) is 4.57 Å². The summed E-state index contributed by atoms with van der Waals surface area (Å²) in [4.78, 5) is 28.4. The van der Waals surface area contributed by atoms with Gasteiger partial charge in [-0.25, -0.2) is 4.79 Å². The summed E-state index contributed by atoms with van der Waals surface area (Å²) in [7, 11) is 0. The molecule has 2 N–H and O–H groups in total. The fraction of sp³-hybridized carbons (Fsp3) is 0.353. The zero-order chi connectivity index (χ0) is 17.3. The SMILES string of the molecule is Cc1cn([C@@H]2OCC(C)[C@@H]2O)c(=O)nc1NC(=O)c1ccccc1. The molecule has 24 heavy (non-hydrogen) atoms. The number of hydrogen-bond acceptors (Lipinski definition) is 5. The molecule has 7 nitrogen and oxygen atoms in total. The number of carbonyl (C=O) groups excluding carboxylic acids is 1. The van der Waals surface area contributed by atoms with Crippen molar-refractivity contribution in [2.24, 2.45) is 5.92 Å². The molecule has 0 aliphatic carbocycles. The van der Waals surface area contributed by atoms with E-state index < -0.39 is 18.0 Å². The van der Waals surface area contributed by atoms with Gasteiger partial charge in [0.2, 0.25) is 0 Å². The minimum absolute atomic E-state index is 0.0559. The van der Waals surface area contributed by atoms with Gasteiger partial charge < -0.3 is 15.2 Å². The maximum absolute atomic E-state index is 12.3. The molecule has 0 saturated carbocycles. The van der Waals surface area contributed by atoms with E-state index in [1.54, 1.807) is 37.4 Å². The molecule has 7 heteroatoms. The molecule has 1 aromatic carbocycles. The van der Waals surface area contributed by atoms with Crippen LogP contribution in [-0.2, 0) is 4.74 Å². The van der Waals surface area contributed by atoms with Crippen molar-refractivity contribution < 1.29 is 14.6 Å². The second-order valence-electron chi connectivity index (χ2n) is 5.97. The number of benzene rings is 1. The van der Waals surface area contributed by atoms with Crippen LogP contribution < -0.4 is 11.0 Å². The number of hydrogen-bond donors (Lipinski definition) is 2. The Balaban J connectivity index is 1.85. The van der Waals surface area contributed by atoms with Gasteiger partial charge in [0.1, 0.15) is 11.9 Å². The number of carbonyl (C=O) groups is 1. The number of aryl methyl sites for hydroxylation is 1. The number of aromatic nitrogens is 2. The highest BCUT2D eigenvalue weighted by Crippen LogP contribution is 2.27. The molecule has 1 aliphatic heterocycles. The minimum Gasteiger partial charge on any atom is -0.388 e. The largest absolute Gasteiger partial charge is 0.388 e. The summed E-state index contributed by atoms with van der Waals surface area (Å²) in [6.07, 6.45) is 0.0215. The van der Waals surface area contributed by atoms with E-state index in [9.17, 15) is 14.7 Å². The Bertz CT molecular complexity index is 803. The van der Waals surface area contributed by atoms with E-state index in [1.807, 2.05) is 13.0 Å². The van der Waals surface area contributed by atoms with Gasteiger partial charge in [0, 0.05) is 23.2 Å². The number of anilines is 1. The molecule has 1 amide bonds. The van der Waals surface area contributed by atoms with Crippen LogP contribution in [0.1, 0.15) is 29.1 Å². The Morgan fingerprint density at radius 3 is 2.71 bits per heavy atom. The van der Waals surface area contributed by atoms with Crippen molar-refractivity contribution in [1.82, 2.24) is 9.55 Å². The Kier molecular flexibility index (Phi) is 4.46. The maximum Gasteiger partial charge on any atom is 0.351 e. The van der Waals surface area contributed by atoms with Crippen LogP contribution in [0.3, 0.4) is 0 Å². The molecule has 1 fully saturated rings. The van der Waals surface area contributed by atoms with Crippen LogP contribution in [0.25, 0.3) is 0 Å². The van der Waals surface area contributed by atoms with Crippen LogP contribution in [0.15, 0.2) is 41.3 Å². The van der Waals surface area contributed by atoms with Gasteiger partial charge in [-0.15, -0.1) is 0 Å². The highest BCUT2D eigenvalue weighted by molar-refractivity contribution is 6.03. The number of amides is 1. The van der Waals surface area contributed by atoms with Crippen molar-refractivity contribution in [3.05, 3.63) is 58.1 Å². The van der Waals surface area contributed by atoms with Crippen LogP contribution in [-0.4, -0.2) is 33.3 Å². The Morgan fingerprint density at radius 1 is 1.38 bits per heavy atom. The second-order valence-corrected chi connectivity index (χ2v) is 5.97. The van der Waals surface area contributed by atoms with Gasteiger partial charge in [0.05, 0.1) is 6.61 Å². The van der Waals surface area contributed by atoms with Crippen LogP contribution in [0.4, 0.5) is 5.82 Å². The van der Waals surface area contributed by atoms with Gasteiger partial charge in [-0.1, -0.05) is 25.1 Å². The normalized spacial score (nSPS) is 23.2. The van der Waals surface area contributed by atoms with Crippen molar-refractivity contribution >= 4 is 11.7 Å². The summed E-state index contributed by atoms with van der Waals surface area (Å²) in [6.45, 7) is 3.96. The van der Waals surface area contributed by atoms with Gasteiger partial charge in [-0.2, -0.15) is 4.98 Å². The summed E-state index contributed by atoms with van der Waals surface area (Å²) >= 11 is 0. The number of rotatable bonds is 3. The van der Waals surface area contributed by atoms with E-state index in [4.69, 9.17) is 4.74 Å². The molecule has 3 rings (SSSR count). The first-order valence-electron chi connectivity index (χ1n) is 7.73. The molecule has 0 bridgehead atoms. The second kappa shape index (κ2) is 6.54. The monoisotopic (exact) mass is 329 g/mol. The first kappa shape index (κ1) is 16.4. The molecule has 2 heterocycles. The van der Waals surface area contributed by atoms with E-state index in [0.717, 1.165) is 0 Å². The molecular weight excluding hydrogens is 310 g/mol. The third kappa shape index (κ3) is 3.08. The molecule has 1 saturated heterocycles. The quantitative estimate of drug-likeness (QED) is 0.886. The standard InChI is InChI=1S/C17H19N3O4/c1-10-8-20(16-13(21)11(2)9-24-16)17(23)19-14(10)18-15(22)12-6-4-3-5-7-12/h3-8,11,13,16,21H,9H2,1-2H3,(H,18,19,22,23)/t11?,13-,16+/m0/s1. The van der Waals surface area contributed by atoms with Crippen LogP contribution in [0.2, 0.25) is 0 Å². The van der Waals surface area contributed by atoms with Gasteiger partial charge in [-0.05, 0) is 19.1 Å². The first-order valence-corrected chi connectivity index (χ1v) is 7.73. The molecule has 0 radical (unpaired) electrons. The highest BCUT2D eigenvalue weighted by Gasteiger charge is 2.35. The summed E-state index contributed by atoms with van der Waals surface area (Å²) in [5.74, 6) is -0.195. The lowest BCUT2D eigenvalue weighted by Crippen LogP contribution is -2.34. The van der Waals surface area contributed by atoms with E-state index in [0.29, 0.717) is 17.7 Å². The first-order chi connectivity index (χ1) is 11.5. The Morgan fingerprint density at radius 2 is 2.08 bits per heavy atom. The predicted octanol–water partition coefficient (Wildman–Crippen LogP) is 1.33. The minimum atomic E-state index is -0.770. The number of nitrogens with one attached hydrogen (secondary N) is 1. The van der Waals surface area contributed by atoms with Crippen LogP contribution in [0, 0.1) is 12.8 Å². The lowest BCUT2D eigenvalue weighted by atomic mass is 10.1. The van der Waals surface area contributed by atoms with Crippen LogP contribution >= 0.6 is 0 Å². The zero-order valence-electron chi connectivity index (χ0n) is 13.5. The molecule has 3 atom stereocenters. The molecule has 2 aromatic rings. The topological polar surface area (TPSA) is 93.4 Å². The van der Waals surface area contributed by atoms with Crippen molar-refractivity contribution in [3.8, 4) is 0 Å². The summed E-state index contributed by atoms with van der Waals surface area (Å²) in [5.41, 5.74) is 0.502. The predicted molar refractivity (Wildman–Crippen MR) is 87.8 cm³/mol. The molecule has 126 valence electrons. The Hall–Kier alpha value is -2.51. The van der Waals surface area contributed by atoms with E-state index in [2.05, 4.69) is 10.3 Å². The van der Waals surface area contributed by atoms with E-state index in [-0.39, 0.29) is 17.6 Å². The molecule has 1 aromatic heterocycles. The fourth-order valence-corrected chi connectivity index (χ4v) is 2.62. The lowest BCUT2D eigenvalue weighted by molar-refractivity contribution is -0.0140. The Labute approximate surface area is 138 Å². The molecular formula is C17H19N3O4. The van der Waals surface area contributed by atoms with Crippen molar-refractivity contribution in [2.75, 3.05) is 11.9 Å². The van der Waals surface area contributed by atoms with Crippen molar-refractivity contribution in [2.45, 2.75) is 26.2 Å². The lowest BCUT2D eigenvalue weighted by Gasteiger charge is -2.19. The fourth-order valence-electron chi connectivity index (χ4n) is 2.62. The highest BCUT2D eigenvalue weighted by atomic mass is 16.5. The third-order valence-corrected chi connectivity index (χ3v) is 4.08. The zero-order valence-corrected chi connectivity index (χ0v) is 13.5. The van der Waals surface area contributed by atoms with E-state index >= 15 is 0 Å².